The molecule has 0 aliphatic carbocycles. The fourth-order valence-electron chi connectivity index (χ4n) is 2.36. The molecule has 5 nitrogen and oxygen atoms in total. The van der Waals surface area contributed by atoms with Crippen LogP contribution in [0.25, 0.3) is 11.1 Å². The minimum Gasteiger partial charge on any atom is -0.497 e. The monoisotopic (exact) mass is 284 g/mol. The summed E-state index contributed by atoms with van der Waals surface area (Å²) in [5.41, 5.74) is 9.47. The van der Waals surface area contributed by atoms with Gasteiger partial charge in [-0.25, -0.2) is 4.79 Å². The predicted octanol–water partition coefficient (Wildman–Crippen LogP) is 2.37. The van der Waals surface area contributed by atoms with Crippen LogP contribution in [0.3, 0.4) is 0 Å². The Balaban J connectivity index is 1.85. The van der Waals surface area contributed by atoms with Gasteiger partial charge in [0.2, 0.25) is 0 Å². The van der Waals surface area contributed by atoms with Crippen LogP contribution in [0.5, 0.6) is 5.75 Å². The number of oxazole rings is 1. The lowest BCUT2D eigenvalue weighted by Crippen LogP contribution is -2.13. The number of hydrogen-bond acceptors (Lipinski definition) is 4. The number of hydrogen-bond donors (Lipinski definition) is 2. The molecule has 108 valence electrons. The molecule has 1 unspecified atom stereocenters. The maximum Gasteiger partial charge on any atom is 0.417 e. The molecule has 3 N–H and O–H groups in total. The van der Waals surface area contributed by atoms with Gasteiger partial charge in [0.05, 0.1) is 12.6 Å². The molecule has 21 heavy (non-hydrogen) atoms. The van der Waals surface area contributed by atoms with Gasteiger partial charge in [-0.15, -0.1) is 0 Å². The van der Waals surface area contributed by atoms with E-state index in [-0.39, 0.29) is 6.04 Å². The first-order valence-electron chi connectivity index (χ1n) is 6.67. The molecule has 3 rings (SSSR count). The zero-order valence-electron chi connectivity index (χ0n) is 11.6. The first kappa shape index (κ1) is 13.5. The number of ether oxygens (including phenoxy) is 1. The van der Waals surface area contributed by atoms with Crippen molar-refractivity contribution in [2.45, 2.75) is 12.5 Å². The summed E-state index contributed by atoms with van der Waals surface area (Å²) in [4.78, 5) is 13.8. The SMILES string of the molecule is COc1cccc(CC(N)c2ccc3[nH]c(=O)oc3c2)c1. The summed E-state index contributed by atoms with van der Waals surface area (Å²) in [5, 5.41) is 0. The van der Waals surface area contributed by atoms with Gasteiger partial charge < -0.3 is 14.9 Å². The van der Waals surface area contributed by atoms with E-state index in [9.17, 15) is 4.79 Å². The molecule has 0 aliphatic heterocycles. The number of benzene rings is 2. The Hall–Kier alpha value is -2.53. The third kappa shape index (κ3) is 2.83. The second-order valence-corrected chi connectivity index (χ2v) is 4.93. The van der Waals surface area contributed by atoms with E-state index in [1.165, 1.54) is 0 Å². The molecule has 0 fully saturated rings. The van der Waals surface area contributed by atoms with E-state index in [1.54, 1.807) is 19.2 Å². The molecule has 0 saturated carbocycles. The fraction of sp³-hybridized carbons (Fsp3) is 0.188. The molecule has 1 heterocycles. The molecule has 0 radical (unpaired) electrons. The standard InChI is InChI=1S/C16H16N2O3/c1-20-12-4-2-3-10(7-12)8-13(17)11-5-6-14-15(9-11)21-16(19)18-14/h2-7,9,13H,8,17H2,1H3,(H,18,19). The Bertz CT molecular complexity index is 820. The van der Waals surface area contributed by atoms with E-state index >= 15 is 0 Å². The minimum absolute atomic E-state index is 0.179. The van der Waals surface area contributed by atoms with Crippen LogP contribution in [0.2, 0.25) is 0 Å². The lowest BCUT2D eigenvalue weighted by Gasteiger charge is -2.12. The van der Waals surface area contributed by atoms with Crippen LogP contribution in [-0.4, -0.2) is 12.1 Å². The van der Waals surface area contributed by atoms with Gasteiger partial charge in [0.25, 0.3) is 0 Å². The van der Waals surface area contributed by atoms with Crippen molar-refractivity contribution in [3.8, 4) is 5.75 Å². The van der Waals surface area contributed by atoms with Gasteiger partial charge in [-0.05, 0) is 41.8 Å². The normalized spacial score (nSPS) is 12.5. The van der Waals surface area contributed by atoms with E-state index in [0.717, 1.165) is 16.9 Å². The quantitative estimate of drug-likeness (QED) is 0.770. The van der Waals surface area contributed by atoms with Crippen LogP contribution in [-0.2, 0) is 6.42 Å². The van der Waals surface area contributed by atoms with Gasteiger partial charge in [-0.1, -0.05) is 18.2 Å². The van der Waals surface area contributed by atoms with Crippen molar-refractivity contribution >= 4 is 11.1 Å². The molecule has 0 spiro atoms. The number of rotatable bonds is 4. The Labute approximate surface area is 121 Å². The van der Waals surface area contributed by atoms with Gasteiger partial charge in [0.1, 0.15) is 5.75 Å². The van der Waals surface area contributed by atoms with Crippen molar-refractivity contribution in [1.29, 1.82) is 0 Å². The van der Waals surface area contributed by atoms with E-state index < -0.39 is 5.76 Å². The Morgan fingerprint density at radius 3 is 2.95 bits per heavy atom. The van der Waals surface area contributed by atoms with Crippen LogP contribution < -0.4 is 16.2 Å². The van der Waals surface area contributed by atoms with Crippen LogP contribution >= 0.6 is 0 Å². The Kier molecular flexibility index (Phi) is 3.50. The highest BCUT2D eigenvalue weighted by Crippen LogP contribution is 2.22. The van der Waals surface area contributed by atoms with Gasteiger partial charge >= 0.3 is 5.76 Å². The zero-order valence-corrected chi connectivity index (χ0v) is 11.6. The first-order valence-corrected chi connectivity index (χ1v) is 6.67. The summed E-state index contributed by atoms with van der Waals surface area (Å²) in [6.45, 7) is 0. The van der Waals surface area contributed by atoms with Gasteiger partial charge in [0, 0.05) is 6.04 Å². The van der Waals surface area contributed by atoms with Crippen molar-refractivity contribution in [3.63, 3.8) is 0 Å². The highest BCUT2D eigenvalue weighted by atomic mass is 16.5. The number of nitrogens with two attached hydrogens (primary N) is 1. The van der Waals surface area contributed by atoms with Gasteiger partial charge in [-0.3, -0.25) is 4.98 Å². The van der Waals surface area contributed by atoms with Crippen molar-refractivity contribution in [1.82, 2.24) is 4.98 Å². The van der Waals surface area contributed by atoms with Crippen LogP contribution in [0.4, 0.5) is 0 Å². The average molecular weight is 284 g/mol. The summed E-state index contributed by atoms with van der Waals surface area (Å²) in [7, 11) is 1.64. The minimum atomic E-state index is -0.455. The smallest absolute Gasteiger partial charge is 0.417 e. The van der Waals surface area contributed by atoms with Crippen molar-refractivity contribution in [2.24, 2.45) is 5.73 Å². The van der Waals surface area contributed by atoms with Crippen LogP contribution in [0, 0.1) is 0 Å². The Morgan fingerprint density at radius 2 is 2.14 bits per heavy atom. The van der Waals surface area contributed by atoms with E-state index in [0.29, 0.717) is 17.5 Å². The summed E-state index contributed by atoms with van der Waals surface area (Å²) < 4.78 is 10.3. The van der Waals surface area contributed by atoms with Crippen molar-refractivity contribution in [2.75, 3.05) is 7.11 Å². The third-order valence-corrected chi connectivity index (χ3v) is 3.46. The summed E-state index contributed by atoms with van der Waals surface area (Å²) in [6.07, 6.45) is 0.678. The molecule has 1 atom stereocenters. The van der Waals surface area contributed by atoms with E-state index in [2.05, 4.69) is 4.98 Å². The Morgan fingerprint density at radius 1 is 1.29 bits per heavy atom. The van der Waals surface area contributed by atoms with Crippen LogP contribution in [0.1, 0.15) is 17.2 Å². The topological polar surface area (TPSA) is 81.2 Å². The lowest BCUT2D eigenvalue weighted by atomic mass is 9.99. The third-order valence-electron chi connectivity index (χ3n) is 3.46. The van der Waals surface area contributed by atoms with E-state index in [1.807, 2.05) is 30.3 Å². The number of aromatic amines is 1. The molecular formula is C16H16N2O3. The molecule has 0 aliphatic rings. The van der Waals surface area contributed by atoms with Crippen LogP contribution in [0.15, 0.2) is 51.7 Å². The molecule has 3 aromatic rings. The first-order chi connectivity index (χ1) is 10.2. The van der Waals surface area contributed by atoms with Gasteiger partial charge in [-0.2, -0.15) is 0 Å². The second kappa shape index (κ2) is 5.46. The van der Waals surface area contributed by atoms with Gasteiger partial charge in [0.15, 0.2) is 5.58 Å². The highest BCUT2D eigenvalue weighted by molar-refractivity contribution is 5.72. The highest BCUT2D eigenvalue weighted by Gasteiger charge is 2.10. The molecular weight excluding hydrogens is 268 g/mol. The van der Waals surface area contributed by atoms with Crippen molar-refractivity contribution in [3.05, 3.63) is 64.1 Å². The lowest BCUT2D eigenvalue weighted by molar-refractivity contribution is 0.414. The summed E-state index contributed by atoms with van der Waals surface area (Å²) >= 11 is 0. The second-order valence-electron chi connectivity index (χ2n) is 4.93. The zero-order chi connectivity index (χ0) is 14.8. The molecule has 2 aromatic carbocycles. The molecule has 0 saturated heterocycles. The molecule has 1 aromatic heterocycles. The van der Waals surface area contributed by atoms with E-state index in [4.69, 9.17) is 14.9 Å². The number of fused-ring (bicyclic) bond motifs is 1. The molecule has 0 amide bonds. The molecule has 0 bridgehead atoms. The average Bonchev–Trinajstić information content (AvgIpc) is 2.86. The largest absolute Gasteiger partial charge is 0.497 e. The number of nitrogens with one attached hydrogen (secondary N) is 1. The molecule has 5 heteroatoms. The maximum atomic E-state index is 11.2. The van der Waals surface area contributed by atoms with Crippen molar-refractivity contribution < 1.29 is 9.15 Å². The summed E-state index contributed by atoms with van der Waals surface area (Å²) in [5.74, 6) is 0.357. The number of aromatic nitrogens is 1. The number of methoxy groups -OCH3 is 1. The summed E-state index contributed by atoms with van der Waals surface area (Å²) in [6, 6.07) is 13.1. The fourth-order valence-corrected chi connectivity index (χ4v) is 2.36. The number of H-pyrrole nitrogens is 1. The maximum absolute atomic E-state index is 11.2. The predicted molar refractivity (Wildman–Crippen MR) is 80.5 cm³/mol.